The van der Waals surface area contributed by atoms with E-state index in [9.17, 15) is 10.1 Å². The van der Waals surface area contributed by atoms with Gasteiger partial charge in [-0.25, -0.2) is 0 Å². The van der Waals surface area contributed by atoms with E-state index >= 15 is 0 Å². The van der Waals surface area contributed by atoms with E-state index in [2.05, 4.69) is 15.2 Å². The molecule has 0 aliphatic carbocycles. The molecule has 3 aromatic rings. The normalized spacial score (nSPS) is 10.9. The Labute approximate surface area is 152 Å². The molecule has 0 saturated carbocycles. The molecule has 130 valence electrons. The zero-order valence-corrected chi connectivity index (χ0v) is 15.0. The van der Waals surface area contributed by atoms with Gasteiger partial charge < -0.3 is 4.74 Å². The number of pyridine rings is 1. The summed E-state index contributed by atoms with van der Waals surface area (Å²) in [6.07, 6.45) is 3.42. The van der Waals surface area contributed by atoms with Crippen LogP contribution in [0.3, 0.4) is 0 Å². The maximum Gasteiger partial charge on any atom is 0.324 e. The fourth-order valence-corrected chi connectivity index (χ4v) is 3.91. The van der Waals surface area contributed by atoms with E-state index < -0.39 is 0 Å². The van der Waals surface area contributed by atoms with Crippen LogP contribution < -0.4 is 0 Å². The first-order valence-electron chi connectivity index (χ1n) is 7.36. The topological polar surface area (TPSA) is 96.0 Å². The molecule has 0 unspecified atom stereocenters. The Morgan fingerprint density at radius 2 is 2.16 bits per heavy atom. The van der Waals surface area contributed by atoms with Crippen LogP contribution >= 0.6 is 23.1 Å². The molecule has 0 radical (unpaired) electrons. The largest absolute Gasteiger partial charge is 0.383 e. The number of thioether (sulfide) groups is 1. The van der Waals surface area contributed by atoms with Crippen LogP contribution in [0.25, 0.3) is 11.4 Å². The Balaban J connectivity index is 1.80. The third-order valence-corrected chi connectivity index (χ3v) is 5.33. The van der Waals surface area contributed by atoms with Crippen molar-refractivity contribution in [3.8, 4) is 11.4 Å². The quantitative estimate of drug-likeness (QED) is 0.338. The first-order valence-corrected chi connectivity index (χ1v) is 9.22. The number of thiophene rings is 1. The van der Waals surface area contributed by atoms with Crippen LogP contribution in [-0.4, -0.2) is 38.4 Å². The van der Waals surface area contributed by atoms with Gasteiger partial charge in [-0.1, -0.05) is 23.1 Å². The van der Waals surface area contributed by atoms with Gasteiger partial charge in [0.1, 0.15) is 0 Å². The summed E-state index contributed by atoms with van der Waals surface area (Å²) in [6.45, 7) is 1.15. The molecule has 10 heteroatoms. The predicted molar refractivity (Wildman–Crippen MR) is 95.7 cm³/mol. The van der Waals surface area contributed by atoms with Gasteiger partial charge in [-0.2, -0.15) is 0 Å². The minimum atomic E-state index is -0.374. The monoisotopic (exact) mass is 377 g/mol. The SMILES string of the molecule is COCCn1c(SCc2csc([N+](=O)[O-])c2)nnc1-c1ccncc1. The van der Waals surface area contributed by atoms with Crippen LogP contribution in [0.5, 0.6) is 0 Å². The van der Waals surface area contributed by atoms with Crippen LogP contribution in [0.1, 0.15) is 5.56 Å². The highest BCUT2D eigenvalue weighted by Crippen LogP contribution is 2.30. The molecule has 0 N–H and O–H groups in total. The lowest BCUT2D eigenvalue weighted by Crippen LogP contribution is -2.07. The van der Waals surface area contributed by atoms with Crippen molar-refractivity contribution in [3.63, 3.8) is 0 Å². The van der Waals surface area contributed by atoms with E-state index in [1.807, 2.05) is 16.7 Å². The van der Waals surface area contributed by atoms with E-state index in [0.717, 1.165) is 33.4 Å². The molecule has 0 spiro atoms. The molecule has 0 aromatic carbocycles. The van der Waals surface area contributed by atoms with Gasteiger partial charge in [-0.05, 0) is 17.7 Å². The highest BCUT2D eigenvalue weighted by Gasteiger charge is 2.16. The lowest BCUT2D eigenvalue weighted by Gasteiger charge is -2.09. The number of nitro groups is 1. The number of rotatable bonds is 8. The first-order chi connectivity index (χ1) is 12.2. The van der Waals surface area contributed by atoms with Crippen molar-refractivity contribution in [3.05, 3.63) is 51.7 Å². The lowest BCUT2D eigenvalue weighted by atomic mass is 10.2. The van der Waals surface area contributed by atoms with Crippen molar-refractivity contribution < 1.29 is 9.66 Å². The number of nitrogens with zero attached hydrogens (tertiary/aromatic N) is 5. The fourth-order valence-electron chi connectivity index (χ4n) is 2.18. The second-order valence-corrected chi connectivity index (χ2v) is 6.86. The number of hydrogen-bond acceptors (Lipinski definition) is 8. The second-order valence-electron chi connectivity index (χ2n) is 5.03. The van der Waals surface area contributed by atoms with Gasteiger partial charge in [-0.3, -0.25) is 19.7 Å². The van der Waals surface area contributed by atoms with Crippen LogP contribution in [0.4, 0.5) is 5.00 Å². The zero-order chi connectivity index (χ0) is 17.6. The fraction of sp³-hybridized carbons (Fsp3) is 0.267. The lowest BCUT2D eigenvalue weighted by molar-refractivity contribution is -0.380. The Morgan fingerprint density at radius 3 is 2.84 bits per heavy atom. The smallest absolute Gasteiger partial charge is 0.324 e. The molecule has 3 heterocycles. The maximum absolute atomic E-state index is 10.8. The van der Waals surface area contributed by atoms with Crippen LogP contribution in [0.15, 0.2) is 41.1 Å². The average Bonchev–Trinajstić information content (AvgIpc) is 3.26. The van der Waals surface area contributed by atoms with E-state index in [1.165, 1.54) is 11.8 Å². The van der Waals surface area contributed by atoms with Gasteiger partial charge in [0.25, 0.3) is 0 Å². The summed E-state index contributed by atoms with van der Waals surface area (Å²) < 4.78 is 7.17. The van der Waals surface area contributed by atoms with Crippen LogP contribution in [-0.2, 0) is 17.0 Å². The minimum absolute atomic E-state index is 0.147. The van der Waals surface area contributed by atoms with E-state index in [-0.39, 0.29) is 9.92 Å². The van der Waals surface area contributed by atoms with Gasteiger partial charge in [0, 0.05) is 42.3 Å². The van der Waals surface area contributed by atoms with Crippen LogP contribution in [0.2, 0.25) is 0 Å². The van der Waals surface area contributed by atoms with Gasteiger partial charge >= 0.3 is 5.00 Å². The molecule has 0 fully saturated rings. The Hall–Kier alpha value is -2.30. The Kier molecular flexibility index (Phi) is 5.74. The molecule has 3 aromatic heterocycles. The number of aromatic nitrogens is 4. The van der Waals surface area contributed by atoms with E-state index in [4.69, 9.17) is 4.74 Å². The molecular weight excluding hydrogens is 362 g/mol. The van der Waals surface area contributed by atoms with Gasteiger partial charge in [0.15, 0.2) is 11.0 Å². The van der Waals surface area contributed by atoms with Gasteiger partial charge in [-0.15, -0.1) is 10.2 Å². The summed E-state index contributed by atoms with van der Waals surface area (Å²) in [7, 11) is 1.65. The molecule has 25 heavy (non-hydrogen) atoms. The summed E-state index contributed by atoms with van der Waals surface area (Å²) in [5.74, 6) is 1.34. The van der Waals surface area contributed by atoms with Crippen molar-refractivity contribution in [2.75, 3.05) is 13.7 Å². The molecule has 0 bridgehead atoms. The second kappa shape index (κ2) is 8.19. The molecular formula is C15H15N5O3S2. The predicted octanol–water partition coefficient (Wildman–Crippen LogP) is 3.25. The average molecular weight is 377 g/mol. The van der Waals surface area contributed by atoms with Crippen LogP contribution in [0, 0.1) is 10.1 Å². The standard InChI is InChI=1S/C15H15N5O3S2/c1-23-7-6-19-14(12-2-4-16-5-3-12)17-18-15(19)25-10-11-8-13(20(21)22)24-9-11/h2-5,8-9H,6-7,10H2,1H3. The number of methoxy groups -OCH3 is 1. The highest BCUT2D eigenvalue weighted by molar-refractivity contribution is 7.98. The van der Waals surface area contributed by atoms with E-state index in [0.29, 0.717) is 18.9 Å². The zero-order valence-electron chi connectivity index (χ0n) is 13.4. The molecule has 0 atom stereocenters. The summed E-state index contributed by atoms with van der Waals surface area (Å²) in [5.41, 5.74) is 1.82. The Morgan fingerprint density at radius 1 is 1.36 bits per heavy atom. The minimum Gasteiger partial charge on any atom is -0.383 e. The van der Waals surface area contributed by atoms with Crippen molar-refractivity contribution in [1.82, 2.24) is 19.7 Å². The summed E-state index contributed by atoms with van der Waals surface area (Å²) in [5, 5.41) is 22.0. The van der Waals surface area contributed by atoms with Gasteiger partial charge in [0.2, 0.25) is 0 Å². The molecule has 0 aliphatic rings. The number of hydrogen-bond donors (Lipinski definition) is 0. The van der Waals surface area contributed by atoms with Crippen molar-refractivity contribution in [2.24, 2.45) is 0 Å². The molecule has 3 rings (SSSR count). The number of ether oxygens (including phenoxy) is 1. The van der Waals surface area contributed by atoms with Crippen molar-refractivity contribution in [1.29, 1.82) is 0 Å². The summed E-state index contributed by atoms with van der Waals surface area (Å²) >= 11 is 2.62. The third kappa shape index (κ3) is 4.21. The molecule has 0 saturated heterocycles. The maximum atomic E-state index is 10.8. The van der Waals surface area contributed by atoms with Crippen molar-refractivity contribution >= 4 is 28.1 Å². The summed E-state index contributed by atoms with van der Waals surface area (Å²) in [6, 6.07) is 5.35. The molecule has 0 aliphatic heterocycles. The van der Waals surface area contributed by atoms with Crippen molar-refractivity contribution in [2.45, 2.75) is 17.5 Å². The third-order valence-electron chi connectivity index (χ3n) is 3.36. The van der Waals surface area contributed by atoms with E-state index in [1.54, 1.807) is 30.9 Å². The highest BCUT2D eigenvalue weighted by atomic mass is 32.2. The molecule has 0 amide bonds. The summed E-state index contributed by atoms with van der Waals surface area (Å²) in [4.78, 5) is 14.4. The molecule has 8 nitrogen and oxygen atoms in total. The first kappa shape index (κ1) is 17.5. The van der Waals surface area contributed by atoms with Gasteiger partial charge in [0.05, 0.1) is 18.1 Å². The Bertz CT molecular complexity index is 850.